The maximum absolute atomic E-state index is 5.26. The van der Waals surface area contributed by atoms with Crippen molar-refractivity contribution in [1.82, 2.24) is 19.7 Å². The molecule has 1 aliphatic rings. The molecule has 0 unspecified atom stereocenters. The van der Waals surface area contributed by atoms with Crippen molar-refractivity contribution in [2.75, 3.05) is 7.11 Å². The highest BCUT2D eigenvalue weighted by Gasteiger charge is 2.23. The van der Waals surface area contributed by atoms with Crippen molar-refractivity contribution in [2.45, 2.75) is 31.7 Å². The van der Waals surface area contributed by atoms with Crippen molar-refractivity contribution in [3.63, 3.8) is 0 Å². The SMILES string of the molecule is COc1ccc(-c2nc(-c3cccnc3)nn2C2CCCC2)cc1. The van der Waals surface area contributed by atoms with Crippen LogP contribution in [0.3, 0.4) is 0 Å². The average Bonchev–Trinajstić information content (AvgIpc) is 3.32. The van der Waals surface area contributed by atoms with Crippen LogP contribution in [0.25, 0.3) is 22.8 Å². The summed E-state index contributed by atoms with van der Waals surface area (Å²) in [6, 6.07) is 12.4. The maximum atomic E-state index is 5.26. The maximum Gasteiger partial charge on any atom is 0.183 e. The lowest BCUT2D eigenvalue weighted by molar-refractivity contribution is 0.415. The second-order valence-corrected chi connectivity index (χ2v) is 6.11. The van der Waals surface area contributed by atoms with Crippen LogP contribution < -0.4 is 4.74 Å². The van der Waals surface area contributed by atoms with Gasteiger partial charge >= 0.3 is 0 Å². The van der Waals surface area contributed by atoms with Crippen LogP contribution in [0, 0.1) is 0 Å². The number of aromatic nitrogens is 4. The number of rotatable bonds is 4. The quantitative estimate of drug-likeness (QED) is 0.725. The normalized spacial score (nSPS) is 14.9. The molecule has 0 saturated heterocycles. The second kappa shape index (κ2) is 6.43. The largest absolute Gasteiger partial charge is 0.497 e. The van der Waals surface area contributed by atoms with Gasteiger partial charge in [0.1, 0.15) is 5.75 Å². The van der Waals surface area contributed by atoms with E-state index in [1.807, 2.05) is 42.6 Å². The van der Waals surface area contributed by atoms with E-state index in [-0.39, 0.29) is 0 Å². The average molecular weight is 320 g/mol. The third-order valence-corrected chi connectivity index (χ3v) is 4.57. The molecule has 122 valence electrons. The molecule has 1 fully saturated rings. The van der Waals surface area contributed by atoms with Gasteiger partial charge in [-0.3, -0.25) is 4.98 Å². The Balaban J connectivity index is 1.79. The van der Waals surface area contributed by atoms with Gasteiger partial charge in [0, 0.05) is 23.5 Å². The van der Waals surface area contributed by atoms with Crippen molar-refractivity contribution in [3.05, 3.63) is 48.8 Å². The summed E-state index contributed by atoms with van der Waals surface area (Å²) in [6.07, 6.45) is 8.43. The lowest BCUT2D eigenvalue weighted by atomic mass is 10.2. The third-order valence-electron chi connectivity index (χ3n) is 4.57. The van der Waals surface area contributed by atoms with E-state index in [0.29, 0.717) is 6.04 Å². The molecule has 1 aromatic carbocycles. The van der Waals surface area contributed by atoms with Crippen molar-refractivity contribution in [3.8, 4) is 28.5 Å². The van der Waals surface area contributed by atoms with E-state index in [2.05, 4.69) is 9.67 Å². The zero-order valence-corrected chi connectivity index (χ0v) is 13.7. The van der Waals surface area contributed by atoms with E-state index >= 15 is 0 Å². The molecule has 4 rings (SSSR count). The number of pyridine rings is 1. The van der Waals surface area contributed by atoms with E-state index in [4.69, 9.17) is 14.8 Å². The van der Waals surface area contributed by atoms with E-state index < -0.39 is 0 Å². The number of hydrogen-bond donors (Lipinski definition) is 0. The topological polar surface area (TPSA) is 52.8 Å². The summed E-state index contributed by atoms with van der Waals surface area (Å²) >= 11 is 0. The summed E-state index contributed by atoms with van der Waals surface area (Å²) in [5, 5.41) is 4.82. The van der Waals surface area contributed by atoms with Gasteiger partial charge in [-0.1, -0.05) is 12.8 Å². The lowest BCUT2D eigenvalue weighted by Crippen LogP contribution is -2.08. The molecule has 0 N–H and O–H groups in total. The Kier molecular flexibility index (Phi) is 3.99. The molecule has 5 nitrogen and oxygen atoms in total. The first-order valence-electron chi connectivity index (χ1n) is 8.36. The molecule has 1 saturated carbocycles. The Morgan fingerprint density at radius 3 is 2.50 bits per heavy atom. The Morgan fingerprint density at radius 2 is 1.83 bits per heavy atom. The summed E-state index contributed by atoms with van der Waals surface area (Å²) in [6.45, 7) is 0. The van der Waals surface area contributed by atoms with E-state index in [1.54, 1.807) is 13.3 Å². The van der Waals surface area contributed by atoms with Gasteiger partial charge in [-0.25, -0.2) is 9.67 Å². The molecule has 0 radical (unpaired) electrons. The highest BCUT2D eigenvalue weighted by atomic mass is 16.5. The molecule has 2 heterocycles. The minimum atomic E-state index is 0.431. The van der Waals surface area contributed by atoms with Gasteiger partial charge < -0.3 is 4.74 Å². The Labute approximate surface area is 141 Å². The number of methoxy groups -OCH3 is 1. The minimum Gasteiger partial charge on any atom is -0.497 e. The number of benzene rings is 1. The first-order chi connectivity index (χ1) is 11.8. The van der Waals surface area contributed by atoms with Crippen molar-refractivity contribution < 1.29 is 4.74 Å². The van der Waals surface area contributed by atoms with Gasteiger partial charge in [-0.15, -0.1) is 0 Å². The summed E-state index contributed by atoms with van der Waals surface area (Å²) in [4.78, 5) is 9.01. The van der Waals surface area contributed by atoms with E-state index in [9.17, 15) is 0 Å². The van der Waals surface area contributed by atoms with Crippen molar-refractivity contribution in [1.29, 1.82) is 0 Å². The smallest absolute Gasteiger partial charge is 0.183 e. The fourth-order valence-corrected chi connectivity index (χ4v) is 3.28. The summed E-state index contributed by atoms with van der Waals surface area (Å²) in [5.41, 5.74) is 2.01. The first kappa shape index (κ1) is 14.9. The molecule has 5 heteroatoms. The minimum absolute atomic E-state index is 0.431. The fraction of sp³-hybridized carbons (Fsp3) is 0.316. The number of nitrogens with zero attached hydrogens (tertiary/aromatic N) is 4. The zero-order chi connectivity index (χ0) is 16.4. The van der Waals surface area contributed by atoms with Crippen LogP contribution in [0.2, 0.25) is 0 Å². The standard InChI is InChI=1S/C19H20N4O/c1-24-17-10-8-14(9-11-17)19-21-18(15-5-4-12-20-13-15)22-23(19)16-6-2-3-7-16/h4-5,8-13,16H,2-3,6-7H2,1H3. The van der Waals surface area contributed by atoms with Crippen LogP contribution in [0.1, 0.15) is 31.7 Å². The van der Waals surface area contributed by atoms with Crippen LogP contribution in [0.15, 0.2) is 48.8 Å². The molecule has 24 heavy (non-hydrogen) atoms. The first-order valence-corrected chi connectivity index (χ1v) is 8.36. The van der Waals surface area contributed by atoms with Crippen LogP contribution in [0.5, 0.6) is 5.75 Å². The Bertz CT molecular complexity index is 805. The van der Waals surface area contributed by atoms with Gasteiger partial charge in [-0.2, -0.15) is 5.10 Å². The van der Waals surface area contributed by atoms with Crippen molar-refractivity contribution >= 4 is 0 Å². The van der Waals surface area contributed by atoms with E-state index in [1.165, 1.54) is 25.7 Å². The molecule has 0 amide bonds. The fourth-order valence-electron chi connectivity index (χ4n) is 3.28. The molecule has 0 spiro atoms. The number of ether oxygens (including phenoxy) is 1. The van der Waals surface area contributed by atoms with Gasteiger partial charge in [0.05, 0.1) is 13.2 Å². The molecule has 0 atom stereocenters. The third kappa shape index (κ3) is 2.77. The van der Waals surface area contributed by atoms with Gasteiger partial charge in [0.2, 0.25) is 0 Å². The van der Waals surface area contributed by atoms with Crippen LogP contribution in [-0.4, -0.2) is 26.9 Å². The second-order valence-electron chi connectivity index (χ2n) is 6.11. The monoisotopic (exact) mass is 320 g/mol. The molecule has 2 aromatic heterocycles. The lowest BCUT2D eigenvalue weighted by Gasteiger charge is -2.12. The molecular weight excluding hydrogens is 300 g/mol. The van der Waals surface area contributed by atoms with Gasteiger partial charge in [-0.05, 0) is 49.2 Å². The molecule has 1 aliphatic carbocycles. The summed E-state index contributed by atoms with van der Waals surface area (Å²) in [7, 11) is 1.68. The predicted molar refractivity (Wildman–Crippen MR) is 92.7 cm³/mol. The van der Waals surface area contributed by atoms with Crippen LogP contribution >= 0.6 is 0 Å². The zero-order valence-electron chi connectivity index (χ0n) is 13.7. The predicted octanol–water partition coefficient (Wildman–Crippen LogP) is 4.13. The number of hydrogen-bond acceptors (Lipinski definition) is 4. The molecule has 3 aromatic rings. The van der Waals surface area contributed by atoms with Gasteiger partial charge in [0.25, 0.3) is 0 Å². The highest BCUT2D eigenvalue weighted by molar-refractivity contribution is 5.62. The molecule has 0 bridgehead atoms. The Morgan fingerprint density at radius 1 is 1.04 bits per heavy atom. The van der Waals surface area contributed by atoms with Crippen LogP contribution in [0.4, 0.5) is 0 Å². The summed E-state index contributed by atoms with van der Waals surface area (Å²) < 4.78 is 7.37. The van der Waals surface area contributed by atoms with Crippen LogP contribution in [-0.2, 0) is 0 Å². The van der Waals surface area contributed by atoms with Gasteiger partial charge in [0.15, 0.2) is 11.6 Å². The molecular formula is C19H20N4O. The highest BCUT2D eigenvalue weighted by Crippen LogP contribution is 2.34. The van der Waals surface area contributed by atoms with Crippen molar-refractivity contribution in [2.24, 2.45) is 0 Å². The summed E-state index contributed by atoms with van der Waals surface area (Å²) in [5.74, 6) is 2.50. The van der Waals surface area contributed by atoms with E-state index in [0.717, 1.165) is 28.5 Å². The molecule has 0 aliphatic heterocycles. The Hall–Kier alpha value is -2.69.